The van der Waals surface area contributed by atoms with Gasteiger partial charge in [-0.3, -0.25) is 19.6 Å². The van der Waals surface area contributed by atoms with Crippen molar-refractivity contribution in [1.82, 2.24) is 20.6 Å². The van der Waals surface area contributed by atoms with Crippen LogP contribution in [-0.2, 0) is 45.0 Å². The van der Waals surface area contributed by atoms with Crippen LogP contribution in [0.15, 0.2) is 103 Å². The SMILES string of the molecule is CCOc1cc2ncc(C(N)=O)c(Nc3cccc(CNC(COC(=O)C(F)(F)F)C(OC(=O)C(F)(F)F)c4ccccc4)c3CC)c2cc1OCC.CCOc1cc2ncc(C(N)=O)c(Nc3cccc(CNCCC#N)c3CC)c2cc1OCC. The summed E-state index contributed by atoms with van der Waals surface area (Å²) in [6, 6.07) is 25.5. The average Bonchev–Trinajstić information content (AvgIpc) is 1.56. The second-order valence-electron chi connectivity index (χ2n) is 18.9. The van der Waals surface area contributed by atoms with E-state index in [-0.39, 0.29) is 23.4 Å². The van der Waals surface area contributed by atoms with Gasteiger partial charge in [0, 0.05) is 72.7 Å². The molecule has 0 aliphatic rings. The molecule has 7 rings (SSSR count). The number of alkyl halides is 6. The maximum Gasteiger partial charge on any atom is 0.490 e. The smallest absolute Gasteiger partial charge is 0.490 e. The van der Waals surface area contributed by atoms with E-state index in [1.807, 2.05) is 38.1 Å². The Morgan fingerprint density at radius 2 is 1.05 bits per heavy atom. The van der Waals surface area contributed by atoms with E-state index in [0.717, 1.165) is 23.2 Å². The van der Waals surface area contributed by atoms with Crippen molar-refractivity contribution in [3.05, 3.63) is 142 Å². The van der Waals surface area contributed by atoms with Crippen LogP contribution in [0.4, 0.5) is 49.1 Å². The number of carbonyl (C=O) groups is 4. The minimum absolute atomic E-state index is 0.0146. The number of anilines is 4. The van der Waals surface area contributed by atoms with Gasteiger partial charge in [0.1, 0.15) is 12.7 Å². The molecule has 2 aromatic heterocycles. The predicted molar refractivity (Wildman–Crippen MR) is 314 cm³/mol. The Labute approximate surface area is 498 Å². The van der Waals surface area contributed by atoms with E-state index < -0.39 is 54.9 Å². The highest BCUT2D eigenvalue weighted by molar-refractivity contribution is 6.09. The van der Waals surface area contributed by atoms with Gasteiger partial charge in [-0.05, 0) is 92.6 Å². The van der Waals surface area contributed by atoms with E-state index in [0.29, 0.717) is 125 Å². The fraction of sp³-hybridized carbons (Fsp3) is 0.339. The molecule has 0 aliphatic heterocycles. The highest BCUT2D eigenvalue weighted by Gasteiger charge is 2.45. The van der Waals surface area contributed by atoms with Gasteiger partial charge < -0.3 is 61.2 Å². The zero-order valence-corrected chi connectivity index (χ0v) is 48.6. The number of rotatable bonds is 28. The lowest BCUT2D eigenvalue weighted by atomic mass is 9.99. The lowest BCUT2D eigenvalue weighted by Gasteiger charge is -2.29. The summed E-state index contributed by atoms with van der Waals surface area (Å²) >= 11 is 0. The van der Waals surface area contributed by atoms with Crippen LogP contribution in [0.5, 0.6) is 23.0 Å². The Balaban J connectivity index is 0.000000306. The number of carbonyl (C=O) groups excluding carboxylic acids is 4. The molecule has 0 radical (unpaired) electrons. The van der Waals surface area contributed by atoms with E-state index in [9.17, 15) is 45.5 Å². The van der Waals surface area contributed by atoms with Gasteiger partial charge in [-0.2, -0.15) is 31.6 Å². The Morgan fingerprint density at radius 3 is 1.46 bits per heavy atom. The Kier molecular flexibility index (Phi) is 23.9. The number of fused-ring (bicyclic) bond motifs is 2. The standard InChI is InChI=1S/C36H36F6N4O7.C26H31N5O3/c1-4-22-21(17-44-27(19-52-33(48)35(37,38)39)31(20-11-8-7-9-12-20)53-34(49)36(40,41)42)13-10-14-25(22)46-30-23-15-28(50-5-2)29(51-6-3)16-26(23)45-18-24(30)32(43)47;1-4-18-17(15-29-12-8-11-27)9-7-10-21(18)31-25-19-13-23(33-5-2)24(34-6-3)14-22(19)30-16-20(25)26(28)32/h7-16,18,27,31,44H,4-6,17,19H2,1-3H3,(H2,43,47)(H,45,46);7,9-10,13-14,16,29H,4-6,8,12,15H2,1-3H3,(H2,28,32)(H,30,31). The van der Waals surface area contributed by atoms with Crippen LogP contribution in [0.2, 0.25) is 0 Å². The van der Waals surface area contributed by atoms with Gasteiger partial charge in [0.05, 0.1) is 72.1 Å². The fourth-order valence-corrected chi connectivity index (χ4v) is 9.37. The first-order chi connectivity index (χ1) is 41.6. The number of nitrogens with two attached hydrogens (primary N) is 2. The third-order valence-corrected chi connectivity index (χ3v) is 13.2. The molecule has 2 heterocycles. The monoisotopic (exact) mass is 1210 g/mol. The summed E-state index contributed by atoms with van der Waals surface area (Å²) in [6.07, 6.45) is -8.32. The summed E-state index contributed by atoms with van der Waals surface area (Å²) in [7, 11) is 0. The third-order valence-electron chi connectivity index (χ3n) is 13.2. The van der Waals surface area contributed by atoms with E-state index >= 15 is 0 Å². The van der Waals surface area contributed by atoms with Crippen LogP contribution in [0.3, 0.4) is 0 Å². The second kappa shape index (κ2) is 31.1. The topological polar surface area (TPSA) is 273 Å². The highest BCUT2D eigenvalue weighted by atomic mass is 19.4. The summed E-state index contributed by atoms with van der Waals surface area (Å²) < 4.78 is 111. The largest absolute Gasteiger partial charge is 0.490 e. The average molecular weight is 1210 g/mol. The molecule has 0 saturated carbocycles. The van der Waals surface area contributed by atoms with E-state index in [1.165, 1.54) is 42.7 Å². The van der Waals surface area contributed by atoms with Gasteiger partial charge in [0.15, 0.2) is 23.0 Å². The molecular weight excluding hydrogens is 1140 g/mol. The predicted octanol–water partition coefficient (Wildman–Crippen LogP) is 11.3. The number of halogens is 6. The Bertz CT molecular complexity index is 3580. The van der Waals surface area contributed by atoms with Gasteiger partial charge in [-0.15, -0.1) is 0 Å². The van der Waals surface area contributed by atoms with Crippen LogP contribution in [0.25, 0.3) is 21.8 Å². The molecule has 0 aliphatic carbocycles. The molecule has 462 valence electrons. The summed E-state index contributed by atoms with van der Waals surface area (Å²) in [5.41, 5.74) is 18.4. The van der Waals surface area contributed by atoms with Gasteiger partial charge >= 0.3 is 24.3 Å². The van der Waals surface area contributed by atoms with Crippen molar-refractivity contribution >= 4 is 68.3 Å². The molecule has 87 heavy (non-hydrogen) atoms. The number of aromatic nitrogens is 2. The maximum absolute atomic E-state index is 13.3. The second-order valence-corrected chi connectivity index (χ2v) is 18.9. The zero-order chi connectivity index (χ0) is 63.4. The van der Waals surface area contributed by atoms with Crippen molar-refractivity contribution in [3.8, 4) is 29.1 Å². The lowest BCUT2D eigenvalue weighted by molar-refractivity contribution is -0.210. The summed E-state index contributed by atoms with van der Waals surface area (Å²) in [6.45, 7) is 12.8. The van der Waals surface area contributed by atoms with E-state index in [2.05, 4.69) is 55.0 Å². The number of benzene rings is 5. The molecule has 19 nitrogen and oxygen atoms in total. The first kappa shape index (κ1) is 66.7. The molecule has 0 saturated heterocycles. The van der Waals surface area contributed by atoms with Crippen LogP contribution in [-0.4, -0.2) is 91.7 Å². The van der Waals surface area contributed by atoms with Gasteiger partial charge in [-0.25, -0.2) is 9.59 Å². The molecule has 2 atom stereocenters. The van der Waals surface area contributed by atoms with Crippen molar-refractivity contribution in [2.75, 3.05) is 50.2 Å². The minimum Gasteiger partial charge on any atom is -0.490 e. The molecular formula is C62H67F6N9O10. The number of nitrogens with one attached hydrogen (secondary N) is 4. The summed E-state index contributed by atoms with van der Waals surface area (Å²) in [5.74, 6) is -4.56. The first-order valence-electron chi connectivity index (χ1n) is 27.8. The number of nitrogens with zero attached hydrogens (tertiary/aromatic N) is 3. The Hall–Kier alpha value is -9.41. The van der Waals surface area contributed by atoms with Crippen molar-refractivity contribution in [2.45, 2.75) is 98.4 Å². The molecule has 25 heteroatoms. The Morgan fingerprint density at radius 1 is 0.598 bits per heavy atom. The lowest BCUT2D eigenvalue weighted by Crippen LogP contribution is -2.43. The molecule has 2 amide bonds. The maximum atomic E-state index is 13.3. The molecule has 0 fully saturated rings. The molecule has 5 aromatic carbocycles. The van der Waals surface area contributed by atoms with Crippen molar-refractivity contribution < 1.29 is 73.9 Å². The molecule has 0 spiro atoms. The third kappa shape index (κ3) is 17.4. The van der Waals surface area contributed by atoms with Crippen molar-refractivity contribution in [2.24, 2.45) is 11.5 Å². The van der Waals surface area contributed by atoms with Crippen LogP contribution < -0.4 is 51.7 Å². The normalized spacial score (nSPS) is 12.0. The number of primary amides is 2. The number of hydrogen-bond donors (Lipinski definition) is 6. The van der Waals surface area contributed by atoms with Gasteiger partial charge in [-0.1, -0.05) is 68.4 Å². The van der Waals surface area contributed by atoms with Crippen LogP contribution in [0.1, 0.15) is 103 Å². The number of amides is 2. The molecule has 0 bridgehead atoms. The van der Waals surface area contributed by atoms with Crippen molar-refractivity contribution in [1.29, 1.82) is 5.26 Å². The zero-order valence-electron chi connectivity index (χ0n) is 48.6. The number of ether oxygens (including phenoxy) is 6. The quantitative estimate of drug-likeness (QED) is 0.0151. The molecule has 7 aromatic rings. The molecule has 8 N–H and O–H groups in total. The number of nitriles is 1. The van der Waals surface area contributed by atoms with E-state index in [4.69, 9.17) is 40.4 Å². The minimum atomic E-state index is -5.44. The fourth-order valence-electron chi connectivity index (χ4n) is 9.37. The summed E-state index contributed by atoms with van der Waals surface area (Å²) in [4.78, 5) is 57.4. The van der Waals surface area contributed by atoms with Crippen molar-refractivity contribution in [3.63, 3.8) is 0 Å². The highest BCUT2D eigenvalue weighted by Crippen LogP contribution is 2.41. The number of hydrogen-bond acceptors (Lipinski definition) is 17. The van der Waals surface area contributed by atoms with Crippen LogP contribution >= 0.6 is 0 Å². The van der Waals surface area contributed by atoms with Gasteiger partial charge in [0.25, 0.3) is 11.8 Å². The van der Waals surface area contributed by atoms with Gasteiger partial charge in [0.2, 0.25) is 0 Å². The molecule has 2 unspecified atom stereocenters. The first-order valence-corrected chi connectivity index (χ1v) is 27.8. The number of esters is 2. The summed E-state index contributed by atoms with van der Waals surface area (Å²) in [5, 5.41) is 22.8. The van der Waals surface area contributed by atoms with Crippen LogP contribution in [0, 0.1) is 11.3 Å². The van der Waals surface area contributed by atoms with E-state index in [1.54, 1.807) is 51.1 Å². The number of pyridine rings is 2.